The van der Waals surface area contributed by atoms with E-state index >= 15 is 0 Å². The normalized spacial score (nSPS) is 14.3. The van der Waals surface area contributed by atoms with E-state index in [0.29, 0.717) is 0 Å². The predicted octanol–water partition coefficient (Wildman–Crippen LogP) is 3.08. The zero-order valence-corrected chi connectivity index (χ0v) is 11.7. The summed E-state index contributed by atoms with van der Waals surface area (Å²) in [5, 5.41) is 8.90. The van der Waals surface area contributed by atoms with Gasteiger partial charge in [0.2, 0.25) is 0 Å². The minimum Gasteiger partial charge on any atom is -0.381 e. The smallest absolute Gasteiger partial charge is 0.0991 e. The standard InChI is InChI=1S/C16H22N2O/c1-2-3-8-19-9-4-7-18-12-15-6-5-14(11-17)10-16(15)13-18/h5-6,10H,2-4,7-9,12-13H2,1H3. The minimum atomic E-state index is 0.767. The van der Waals surface area contributed by atoms with Crippen LogP contribution in [0.2, 0.25) is 0 Å². The van der Waals surface area contributed by atoms with E-state index in [4.69, 9.17) is 10.00 Å². The molecule has 1 aliphatic rings. The van der Waals surface area contributed by atoms with Crippen molar-refractivity contribution in [2.45, 2.75) is 39.3 Å². The molecule has 3 nitrogen and oxygen atoms in total. The molecular formula is C16H22N2O. The summed E-state index contributed by atoms with van der Waals surface area (Å²) in [4.78, 5) is 2.43. The summed E-state index contributed by atoms with van der Waals surface area (Å²) in [5.41, 5.74) is 3.44. The zero-order valence-electron chi connectivity index (χ0n) is 11.7. The number of unbranched alkanes of at least 4 members (excludes halogenated alkanes) is 1. The Balaban J connectivity index is 1.70. The molecule has 0 aromatic heterocycles. The Labute approximate surface area is 115 Å². The van der Waals surface area contributed by atoms with Gasteiger partial charge in [-0.1, -0.05) is 19.4 Å². The first-order valence-electron chi connectivity index (χ1n) is 7.15. The van der Waals surface area contributed by atoms with Gasteiger partial charge in [-0.25, -0.2) is 0 Å². The van der Waals surface area contributed by atoms with Gasteiger partial charge in [-0.2, -0.15) is 5.26 Å². The van der Waals surface area contributed by atoms with Crippen molar-refractivity contribution in [3.05, 3.63) is 34.9 Å². The van der Waals surface area contributed by atoms with Crippen molar-refractivity contribution < 1.29 is 4.74 Å². The van der Waals surface area contributed by atoms with Gasteiger partial charge in [-0.05, 0) is 36.1 Å². The Kier molecular flexibility index (Phi) is 5.38. The van der Waals surface area contributed by atoms with Crippen molar-refractivity contribution >= 4 is 0 Å². The monoisotopic (exact) mass is 258 g/mol. The fourth-order valence-electron chi connectivity index (χ4n) is 2.43. The van der Waals surface area contributed by atoms with Gasteiger partial charge in [0.05, 0.1) is 11.6 Å². The number of ether oxygens (including phenoxy) is 1. The molecule has 102 valence electrons. The molecule has 1 aromatic carbocycles. The van der Waals surface area contributed by atoms with Gasteiger partial charge in [0, 0.05) is 32.8 Å². The van der Waals surface area contributed by atoms with Crippen molar-refractivity contribution in [3.8, 4) is 6.07 Å². The second-order valence-corrected chi connectivity index (χ2v) is 5.13. The third kappa shape index (κ3) is 4.05. The molecule has 0 N–H and O–H groups in total. The van der Waals surface area contributed by atoms with Crippen LogP contribution in [-0.4, -0.2) is 24.7 Å². The number of fused-ring (bicyclic) bond motifs is 1. The highest BCUT2D eigenvalue weighted by atomic mass is 16.5. The lowest BCUT2D eigenvalue weighted by Gasteiger charge is -2.14. The van der Waals surface area contributed by atoms with E-state index in [2.05, 4.69) is 24.0 Å². The summed E-state index contributed by atoms with van der Waals surface area (Å²) >= 11 is 0. The molecule has 0 unspecified atom stereocenters. The molecule has 0 spiro atoms. The Hall–Kier alpha value is -1.37. The van der Waals surface area contributed by atoms with E-state index in [1.165, 1.54) is 17.5 Å². The maximum absolute atomic E-state index is 8.90. The highest BCUT2D eigenvalue weighted by molar-refractivity contribution is 5.39. The molecule has 0 atom stereocenters. The first kappa shape index (κ1) is 14.0. The van der Waals surface area contributed by atoms with Crippen LogP contribution in [0.1, 0.15) is 42.9 Å². The van der Waals surface area contributed by atoms with Crippen LogP contribution in [0.3, 0.4) is 0 Å². The molecule has 0 radical (unpaired) electrons. The van der Waals surface area contributed by atoms with Crippen LogP contribution >= 0.6 is 0 Å². The maximum Gasteiger partial charge on any atom is 0.0991 e. The van der Waals surface area contributed by atoms with Crippen LogP contribution in [0, 0.1) is 11.3 Å². The molecule has 0 fully saturated rings. The highest BCUT2D eigenvalue weighted by Gasteiger charge is 2.18. The Morgan fingerprint density at radius 1 is 1.21 bits per heavy atom. The van der Waals surface area contributed by atoms with Gasteiger partial charge in [0.15, 0.2) is 0 Å². The lowest BCUT2D eigenvalue weighted by molar-refractivity contribution is 0.118. The molecule has 1 aliphatic heterocycles. The van der Waals surface area contributed by atoms with Crippen LogP contribution in [0.4, 0.5) is 0 Å². The molecule has 19 heavy (non-hydrogen) atoms. The van der Waals surface area contributed by atoms with Crippen molar-refractivity contribution in [1.82, 2.24) is 4.90 Å². The minimum absolute atomic E-state index is 0.767. The van der Waals surface area contributed by atoms with Crippen LogP contribution in [0.15, 0.2) is 18.2 Å². The number of benzene rings is 1. The van der Waals surface area contributed by atoms with Crippen LogP contribution in [-0.2, 0) is 17.8 Å². The predicted molar refractivity (Wildman–Crippen MR) is 75.6 cm³/mol. The quantitative estimate of drug-likeness (QED) is 0.705. The summed E-state index contributed by atoms with van der Waals surface area (Å²) in [7, 11) is 0. The summed E-state index contributed by atoms with van der Waals surface area (Å²) in [6, 6.07) is 8.23. The SMILES string of the molecule is CCCCOCCCN1Cc2ccc(C#N)cc2C1. The van der Waals surface area contributed by atoms with Crippen molar-refractivity contribution in [3.63, 3.8) is 0 Å². The lowest BCUT2D eigenvalue weighted by atomic mass is 10.1. The van der Waals surface area contributed by atoms with Gasteiger partial charge in [-0.3, -0.25) is 4.90 Å². The van der Waals surface area contributed by atoms with E-state index < -0.39 is 0 Å². The summed E-state index contributed by atoms with van der Waals surface area (Å²) < 4.78 is 5.58. The van der Waals surface area contributed by atoms with E-state index in [1.54, 1.807) is 0 Å². The van der Waals surface area contributed by atoms with Crippen LogP contribution in [0.25, 0.3) is 0 Å². The second-order valence-electron chi connectivity index (χ2n) is 5.13. The summed E-state index contributed by atoms with van der Waals surface area (Å²) in [5.74, 6) is 0. The molecule has 0 amide bonds. The van der Waals surface area contributed by atoms with Gasteiger partial charge in [0.25, 0.3) is 0 Å². The molecule has 0 aliphatic carbocycles. The van der Waals surface area contributed by atoms with Gasteiger partial charge >= 0.3 is 0 Å². The fourth-order valence-corrected chi connectivity index (χ4v) is 2.43. The Morgan fingerprint density at radius 2 is 2.00 bits per heavy atom. The Morgan fingerprint density at radius 3 is 2.79 bits per heavy atom. The summed E-state index contributed by atoms with van der Waals surface area (Å²) in [6.45, 7) is 6.98. The number of hydrogen-bond acceptors (Lipinski definition) is 3. The topological polar surface area (TPSA) is 36.3 Å². The van der Waals surface area contributed by atoms with Crippen LogP contribution < -0.4 is 0 Å². The van der Waals surface area contributed by atoms with Crippen molar-refractivity contribution in [1.29, 1.82) is 5.26 Å². The van der Waals surface area contributed by atoms with Gasteiger partial charge in [0.1, 0.15) is 0 Å². The molecule has 0 saturated heterocycles. The lowest BCUT2D eigenvalue weighted by Crippen LogP contribution is -2.19. The first-order chi connectivity index (χ1) is 9.33. The molecule has 1 aromatic rings. The van der Waals surface area contributed by atoms with Crippen molar-refractivity contribution in [2.24, 2.45) is 0 Å². The van der Waals surface area contributed by atoms with Crippen molar-refractivity contribution in [2.75, 3.05) is 19.8 Å². The molecule has 0 bridgehead atoms. The van der Waals surface area contributed by atoms with E-state index in [-0.39, 0.29) is 0 Å². The fraction of sp³-hybridized carbons (Fsp3) is 0.562. The number of nitriles is 1. The third-order valence-electron chi connectivity index (χ3n) is 3.53. The van der Waals surface area contributed by atoms with Gasteiger partial charge in [-0.15, -0.1) is 0 Å². The summed E-state index contributed by atoms with van der Waals surface area (Å²) in [6.07, 6.45) is 3.44. The molecule has 1 heterocycles. The van der Waals surface area contributed by atoms with E-state index in [9.17, 15) is 0 Å². The number of rotatable bonds is 7. The average molecular weight is 258 g/mol. The highest BCUT2D eigenvalue weighted by Crippen LogP contribution is 2.23. The molecule has 3 heteroatoms. The van der Waals surface area contributed by atoms with E-state index in [0.717, 1.165) is 51.3 Å². The molecular weight excluding hydrogens is 236 g/mol. The second kappa shape index (κ2) is 7.28. The first-order valence-corrected chi connectivity index (χ1v) is 7.15. The Bertz CT molecular complexity index is 451. The average Bonchev–Trinajstić information content (AvgIpc) is 2.84. The van der Waals surface area contributed by atoms with Gasteiger partial charge < -0.3 is 4.74 Å². The van der Waals surface area contributed by atoms with E-state index in [1.807, 2.05) is 12.1 Å². The third-order valence-corrected chi connectivity index (χ3v) is 3.53. The number of nitrogens with zero attached hydrogens (tertiary/aromatic N) is 2. The largest absolute Gasteiger partial charge is 0.381 e. The molecule has 0 saturated carbocycles. The maximum atomic E-state index is 8.90. The van der Waals surface area contributed by atoms with Crippen LogP contribution in [0.5, 0.6) is 0 Å². The number of hydrogen-bond donors (Lipinski definition) is 0. The zero-order chi connectivity index (χ0) is 13.5. The molecule has 2 rings (SSSR count).